The van der Waals surface area contributed by atoms with Crippen LogP contribution in [-0.4, -0.2) is 37.2 Å². The molecule has 0 aromatic carbocycles. The van der Waals surface area contributed by atoms with Gasteiger partial charge in [0.15, 0.2) is 12.3 Å². The third-order valence-electron chi connectivity index (χ3n) is 1.08. The third kappa shape index (κ3) is 4.15. The zero-order valence-corrected chi connectivity index (χ0v) is 7.39. The first-order valence-corrected chi connectivity index (χ1v) is 4.35. The lowest BCUT2D eigenvalue weighted by molar-refractivity contribution is -0.0108. The Morgan fingerprint density at radius 1 is 0.929 bits per heavy atom. The van der Waals surface area contributed by atoms with E-state index in [-0.39, 0.29) is 6.15 Å². The molecular weight excluding hydrogens is 237 g/mol. The van der Waals surface area contributed by atoms with Crippen molar-refractivity contribution < 1.29 is 34.9 Å². The first-order valence-electron chi connectivity index (χ1n) is 2.84. The summed E-state index contributed by atoms with van der Waals surface area (Å²) < 4.78 is 86.5. The lowest BCUT2D eigenvalue weighted by atomic mass is 10.3. The Morgan fingerprint density at radius 2 is 1.29 bits per heavy atom. The molecule has 88 valence electrons. The Labute approximate surface area is 76.4 Å². The number of hydrogen-bond acceptors (Lipinski definition) is 3. The fraction of sp³-hybridized carbons (Fsp3) is 1.00. The van der Waals surface area contributed by atoms with E-state index in [4.69, 9.17) is 4.55 Å². The van der Waals surface area contributed by atoms with Gasteiger partial charge in [0, 0.05) is 0 Å². The normalized spacial score (nSPS) is 18.5. The van der Waals surface area contributed by atoms with Crippen molar-refractivity contribution >= 4 is 10.1 Å². The van der Waals surface area contributed by atoms with Crippen LogP contribution < -0.4 is 6.15 Å². The Bertz CT molecular complexity index is 258. The monoisotopic (exact) mass is 245 g/mol. The predicted molar refractivity (Wildman–Crippen MR) is 37.3 cm³/mol. The zero-order chi connectivity index (χ0) is 10.8. The predicted octanol–water partition coefficient (Wildman–Crippen LogP) is 1.27. The van der Waals surface area contributed by atoms with Gasteiger partial charge < -0.3 is 6.15 Å². The fourth-order valence-corrected chi connectivity index (χ4v) is 0.926. The second-order valence-corrected chi connectivity index (χ2v) is 3.57. The SMILES string of the molecule is N.O=S(=O)(O)C(F)C(F)C(F)C(F)F. The second kappa shape index (κ2) is 5.41. The van der Waals surface area contributed by atoms with Gasteiger partial charge in [0.1, 0.15) is 0 Å². The van der Waals surface area contributed by atoms with E-state index in [0.717, 1.165) is 0 Å². The molecule has 4 N–H and O–H groups in total. The molecular formula is C4H8F5NO3S. The average Bonchev–Trinajstić information content (AvgIpc) is 1.98. The van der Waals surface area contributed by atoms with E-state index >= 15 is 0 Å². The third-order valence-corrected chi connectivity index (χ3v) is 1.91. The summed E-state index contributed by atoms with van der Waals surface area (Å²) in [4.78, 5) is 0. The van der Waals surface area contributed by atoms with Crippen LogP contribution in [0.3, 0.4) is 0 Å². The fourth-order valence-electron chi connectivity index (χ4n) is 0.448. The topological polar surface area (TPSA) is 89.4 Å². The van der Waals surface area contributed by atoms with E-state index in [1.165, 1.54) is 0 Å². The molecule has 0 rings (SSSR count). The summed E-state index contributed by atoms with van der Waals surface area (Å²) in [6.07, 6.45) is -11.0. The molecule has 3 unspecified atom stereocenters. The molecule has 0 aliphatic heterocycles. The van der Waals surface area contributed by atoms with Crippen LogP contribution in [0.5, 0.6) is 0 Å². The molecule has 0 aromatic heterocycles. The van der Waals surface area contributed by atoms with Crippen LogP contribution in [0.1, 0.15) is 0 Å². The summed E-state index contributed by atoms with van der Waals surface area (Å²) in [7, 11) is -5.50. The first-order chi connectivity index (χ1) is 5.68. The van der Waals surface area contributed by atoms with Crippen LogP contribution in [0.15, 0.2) is 0 Å². The standard InChI is InChI=1S/C4H5F5O3S.H3N/c5-1(3(7)8)2(6)4(9)13(10,11)12;/h1-4H,(H,10,11,12);1H3. The number of halogens is 5. The summed E-state index contributed by atoms with van der Waals surface area (Å²) in [6, 6.07) is 0. The summed E-state index contributed by atoms with van der Waals surface area (Å²) in [5.74, 6) is 0. The summed E-state index contributed by atoms with van der Waals surface area (Å²) in [5.41, 5.74) is -3.70. The van der Waals surface area contributed by atoms with E-state index in [0.29, 0.717) is 0 Å². The maximum atomic E-state index is 12.2. The molecule has 0 aliphatic carbocycles. The smallest absolute Gasteiger partial charge is 0.300 e. The van der Waals surface area contributed by atoms with Gasteiger partial charge in [0.05, 0.1) is 0 Å². The van der Waals surface area contributed by atoms with Crippen LogP contribution in [0.4, 0.5) is 22.0 Å². The Hall–Kier alpha value is -0.480. The molecule has 0 bridgehead atoms. The van der Waals surface area contributed by atoms with Crippen LogP contribution in [0.2, 0.25) is 0 Å². The Kier molecular flexibility index (Phi) is 6.17. The molecule has 14 heavy (non-hydrogen) atoms. The van der Waals surface area contributed by atoms with E-state index in [2.05, 4.69) is 0 Å². The van der Waals surface area contributed by atoms with Crippen molar-refractivity contribution in [2.24, 2.45) is 0 Å². The molecule has 0 aromatic rings. The first kappa shape index (κ1) is 16.0. The number of rotatable bonds is 4. The Balaban J connectivity index is 0. The van der Waals surface area contributed by atoms with Crippen molar-refractivity contribution in [3.63, 3.8) is 0 Å². The molecule has 0 amide bonds. The number of hydrogen-bond donors (Lipinski definition) is 2. The second-order valence-electron chi connectivity index (χ2n) is 2.09. The van der Waals surface area contributed by atoms with Crippen LogP contribution in [-0.2, 0) is 10.1 Å². The highest BCUT2D eigenvalue weighted by Crippen LogP contribution is 2.20. The molecule has 4 nitrogen and oxygen atoms in total. The minimum absolute atomic E-state index is 0. The van der Waals surface area contributed by atoms with Crippen LogP contribution in [0, 0.1) is 0 Å². The molecule has 0 spiro atoms. The van der Waals surface area contributed by atoms with Crippen molar-refractivity contribution in [2.45, 2.75) is 24.3 Å². The van der Waals surface area contributed by atoms with Gasteiger partial charge in [0.2, 0.25) is 0 Å². The molecule has 10 heteroatoms. The summed E-state index contributed by atoms with van der Waals surface area (Å²) in [5, 5.41) is 0. The van der Waals surface area contributed by atoms with Crippen molar-refractivity contribution in [1.82, 2.24) is 6.15 Å². The summed E-state index contributed by atoms with van der Waals surface area (Å²) >= 11 is 0. The van der Waals surface area contributed by atoms with Crippen LogP contribution in [0.25, 0.3) is 0 Å². The molecule has 3 atom stereocenters. The Morgan fingerprint density at radius 3 is 1.50 bits per heavy atom. The van der Waals surface area contributed by atoms with Gasteiger partial charge in [-0.25, -0.2) is 22.0 Å². The van der Waals surface area contributed by atoms with E-state index < -0.39 is 34.4 Å². The highest BCUT2D eigenvalue weighted by molar-refractivity contribution is 7.86. The maximum absolute atomic E-state index is 12.2. The lowest BCUT2D eigenvalue weighted by Crippen LogP contribution is -2.37. The molecule has 0 aliphatic rings. The van der Waals surface area contributed by atoms with Gasteiger partial charge >= 0.3 is 10.1 Å². The molecule has 0 fully saturated rings. The van der Waals surface area contributed by atoms with Crippen molar-refractivity contribution in [2.75, 3.05) is 0 Å². The minimum Gasteiger partial charge on any atom is -0.344 e. The number of alkyl halides is 5. The van der Waals surface area contributed by atoms with Crippen molar-refractivity contribution in [3.8, 4) is 0 Å². The van der Waals surface area contributed by atoms with Gasteiger partial charge in [-0.1, -0.05) is 0 Å². The van der Waals surface area contributed by atoms with Gasteiger partial charge in [0.25, 0.3) is 11.9 Å². The quantitative estimate of drug-likeness (QED) is 0.576. The summed E-state index contributed by atoms with van der Waals surface area (Å²) in [6.45, 7) is 0. The average molecular weight is 245 g/mol. The molecule has 0 radical (unpaired) electrons. The van der Waals surface area contributed by atoms with E-state index in [1.807, 2.05) is 0 Å². The van der Waals surface area contributed by atoms with Gasteiger partial charge in [-0.3, -0.25) is 4.55 Å². The highest BCUT2D eigenvalue weighted by Gasteiger charge is 2.42. The van der Waals surface area contributed by atoms with E-state index in [1.54, 1.807) is 0 Å². The van der Waals surface area contributed by atoms with Gasteiger partial charge in [-0.15, -0.1) is 0 Å². The van der Waals surface area contributed by atoms with Crippen molar-refractivity contribution in [1.29, 1.82) is 0 Å². The minimum atomic E-state index is -5.50. The van der Waals surface area contributed by atoms with Crippen LogP contribution >= 0.6 is 0 Å². The molecule has 0 heterocycles. The lowest BCUT2D eigenvalue weighted by Gasteiger charge is -2.14. The van der Waals surface area contributed by atoms with Gasteiger partial charge in [-0.05, 0) is 0 Å². The molecule has 0 saturated carbocycles. The molecule has 0 saturated heterocycles. The highest BCUT2D eigenvalue weighted by atomic mass is 32.2. The van der Waals surface area contributed by atoms with Gasteiger partial charge in [-0.2, -0.15) is 8.42 Å². The van der Waals surface area contributed by atoms with Crippen molar-refractivity contribution in [3.05, 3.63) is 0 Å². The zero-order valence-electron chi connectivity index (χ0n) is 6.58. The largest absolute Gasteiger partial charge is 0.344 e. The van der Waals surface area contributed by atoms with E-state index in [9.17, 15) is 30.4 Å². The maximum Gasteiger partial charge on any atom is 0.300 e.